The molecule has 0 unspecified atom stereocenters. The van der Waals surface area contributed by atoms with Gasteiger partial charge in [0.15, 0.2) is 5.65 Å². The molecule has 2 aromatic carbocycles. The number of anilines is 2. The number of benzene rings is 2. The molecule has 30 heavy (non-hydrogen) atoms. The van der Waals surface area contributed by atoms with Crippen LogP contribution in [0.1, 0.15) is 10.4 Å². The zero-order valence-corrected chi connectivity index (χ0v) is 16.7. The van der Waals surface area contributed by atoms with Gasteiger partial charge in [0.2, 0.25) is 5.95 Å². The highest BCUT2D eigenvalue weighted by atomic mass is 16.5. The Morgan fingerprint density at radius 1 is 1.00 bits per heavy atom. The lowest BCUT2D eigenvalue weighted by molar-refractivity contribution is 0.0597. The van der Waals surface area contributed by atoms with Crippen molar-refractivity contribution in [1.82, 2.24) is 14.6 Å². The molecule has 0 atom stereocenters. The summed E-state index contributed by atoms with van der Waals surface area (Å²) in [5, 5.41) is 7.65. The Kier molecular flexibility index (Phi) is 5.21. The third kappa shape index (κ3) is 3.62. The van der Waals surface area contributed by atoms with Crippen molar-refractivity contribution in [3.05, 3.63) is 66.4 Å². The van der Waals surface area contributed by atoms with Crippen molar-refractivity contribution >= 4 is 23.3 Å². The molecule has 0 radical (unpaired) electrons. The van der Waals surface area contributed by atoms with Crippen LogP contribution in [-0.2, 0) is 4.74 Å². The molecule has 0 spiro atoms. The molecule has 0 saturated carbocycles. The smallest absolute Gasteiger partial charge is 0.341 e. The molecule has 152 valence electrons. The molecule has 2 heterocycles. The van der Waals surface area contributed by atoms with Crippen LogP contribution in [-0.4, -0.2) is 41.9 Å². The lowest BCUT2D eigenvalue weighted by Gasteiger charge is -2.09. The summed E-state index contributed by atoms with van der Waals surface area (Å²) in [6.45, 7) is 0. The summed E-state index contributed by atoms with van der Waals surface area (Å²) in [7, 11) is 4.46. The van der Waals surface area contributed by atoms with Gasteiger partial charge < -0.3 is 19.5 Å². The zero-order chi connectivity index (χ0) is 21.1. The van der Waals surface area contributed by atoms with E-state index in [1.54, 1.807) is 29.8 Å². The van der Waals surface area contributed by atoms with Crippen molar-refractivity contribution < 1.29 is 19.0 Å². The van der Waals surface area contributed by atoms with Crippen LogP contribution in [0.3, 0.4) is 0 Å². The Balaban J connectivity index is 1.67. The van der Waals surface area contributed by atoms with E-state index >= 15 is 0 Å². The topological polar surface area (TPSA) is 87.0 Å². The van der Waals surface area contributed by atoms with Crippen molar-refractivity contribution in [2.45, 2.75) is 0 Å². The molecule has 0 amide bonds. The van der Waals surface area contributed by atoms with E-state index in [4.69, 9.17) is 14.2 Å². The first-order valence-corrected chi connectivity index (χ1v) is 9.16. The number of fused-ring (bicyclic) bond motifs is 1. The van der Waals surface area contributed by atoms with E-state index in [-0.39, 0.29) is 0 Å². The van der Waals surface area contributed by atoms with Gasteiger partial charge in [-0.25, -0.2) is 9.31 Å². The third-order valence-corrected chi connectivity index (χ3v) is 4.63. The molecule has 0 saturated heterocycles. The highest BCUT2D eigenvalue weighted by Crippen LogP contribution is 2.28. The number of nitrogens with one attached hydrogen (secondary N) is 1. The van der Waals surface area contributed by atoms with E-state index in [0.29, 0.717) is 28.6 Å². The lowest BCUT2D eigenvalue weighted by Crippen LogP contribution is -2.04. The maximum atomic E-state index is 11.8. The highest BCUT2D eigenvalue weighted by molar-refractivity contribution is 5.93. The molecule has 0 fully saturated rings. The second kappa shape index (κ2) is 8.12. The number of methoxy groups -OCH3 is 3. The Morgan fingerprint density at radius 2 is 1.80 bits per heavy atom. The van der Waals surface area contributed by atoms with Crippen LogP contribution < -0.4 is 14.8 Å². The summed E-state index contributed by atoms with van der Waals surface area (Å²) >= 11 is 0. The number of carbonyl (C=O) groups is 1. The minimum absolute atomic E-state index is 0.343. The standard InChI is InChI=1S/C22H20N4O4/c1-28-16-9-6-14(7-10-16)17-5-4-12-26-20(17)24-22(25-26)23-15-8-11-18(21(27)30-3)19(13-15)29-2/h4-13H,1-3H3,(H,23,25). The van der Waals surface area contributed by atoms with Gasteiger partial charge in [-0.3, -0.25) is 0 Å². The van der Waals surface area contributed by atoms with Crippen molar-refractivity contribution in [2.75, 3.05) is 26.6 Å². The maximum Gasteiger partial charge on any atom is 0.341 e. The van der Waals surface area contributed by atoms with Crippen LogP contribution in [0.25, 0.3) is 16.8 Å². The fourth-order valence-corrected chi connectivity index (χ4v) is 3.13. The first kappa shape index (κ1) is 19.3. The number of esters is 1. The monoisotopic (exact) mass is 404 g/mol. The Hall–Kier alpha value is -4.07. The number of aromatic nitrogens is 3. The minimum Gasteiger partial charge on any atom is -0.497 e. The number of hydrogen-bond donors (Lipinski definition) is 1. The maximum absolute atomic E-state index is 11.8. The first-order chi connectivity index (χ1) is 14.6. The Morgan fingerprint density at radius 3 is 2.50 bits per heavy atom. The van der Waals surface area contributed by atoms with Gasteiger partial charge in [0.25, 0.3) is 0 Å². The van der Waals surface area contributed by atoms with E-state index < -0.39 is 5.97 Å². The molecule has 8 heteroatoms. The summed E-state index contributed by atoms with van der Waals surface area (Å²) in [5.41, 5.74) is 3.68. The molecule has 4 aromatic rings. The average Bonchev–Trinajstić information content (AvgIpc) is 3.21. The van der Waals surface area contributed by atoms with Gasteiger partial charge in [0, 0.05) is 23.5 Å². The SMILES string of the molecule is COC(=O)c1ccc(Nc2nc3c(-c4ccc(OC)cc4)cccn3n2)cc1OC. The van der Waals surface area contributed by atoms with Gasteiger partial charge in [0.1, 0.15) is 17.1 Å². The predicted octanol–water partition coefficient (Wildman–Crippen LogP) is 3.94. The fourth-order valence-electron chi connectivity index (χ4n) is 3.13. The molecular weight excluding hydrogens is 384 g/mol. The zero-order valence-electron chi connectivity index (χ0n) is 16.7. The van der Waals surface area contributed by atoms with Gasteiger partial charge >= 0.3 is 5.97 Å². The second-order valence-corrected chi connectivity index (χ2v) is 6.39. The first-order valence-electron chi connectivity index (χ1n) is 9.16. The molecule has 2 aromatic heterocycles. The van der Waals surface area contributed by atoms with Crippen molar-refractivity contribution in [1.29, 1.82) is 0 Å². The van der Waals surface area contributed by atoms with E-state index in [1.165, 1.54) is 14.2 Å². The summed E-state index contributed by atoms with van der Waals surface area (Å²) in [6.07, 6.45) is 1.83. The van der Waals surface area contributed by atoms with Gasteiger partial charge in [-0.2, -0.15) is 4.98 Å². The number of pyridine rings is 1. The summed E-state index contributed by atoms with van der Waals surface area (Å²) in [6, 6.07) is 16.7. The minimum atomic E-state index is -0.464. The number of ether oxygens (including phenoxy) is 3. The van der Waals surface area contributed by atoms with E-state index in [2.05, 4.69) is 15.4 Å². The molecule has 0 bridgehead atoms. The van der Waals surface area contributed by atoms with Gasteiger partial charge in [-0.05, 0) is 42.0 Å². The molecule has 0 aliphatic heterocycles. The van der Waals surface area contributed by atoms with Crippen molar-refractivity contribution in [2.24, 2.45) is 0 Å². The predicted molar refractivity (Wildman–Crippen MR) is 113 cm³/mol. The molecule has 1 N–H and O–H groups in total. The van der Waals surface area contributed by atoms with E-state index in [0.717, 1.165) is 16.9 Å². The summed E-state index contributed by atoms with van der Waals surface area (Å²) < 4.78 is 17.0. The largest absolute Gasteiger partial charge is 0.497 e. The number of carbonyl (C=O) groups excluding carboxylic acids is 1. The molecule has 0 aliphatic carbocycles. The summed E-state index contributed by atoms with van der Waals surface area (Å²) in [4.78, 5) is 16.5. The van der Waals surface area contributed by atoms with Gasteiger partial charge in [-0.1, -0.05) is 12.1 Å². The third-order valence-electron chi connectivity index (χ3n) is 4.63. The molecule has 0 aliphatic rings. The van der Waals surface area contributed by atoms with Crippen LogP contribution in [0.5, 0.6) is 11.5 Å². The van der Waals surface area contributed by atoms with Crippen LogP contribution in [0, 0.1) is 0 Å². The average molecular weight is 404 g/mol. The molecule has 4 rings (SSSR count). The van der Waals surface area contributed by atoms with Crippen molar-refractivity contribution in [3.8, 4) is 22.6 Å². The van der Waals surface area contributed by atoms with E-state index in [1.807, 2.05) is 42.6 Å². The van der Waals surface area contributed by atoms with Crippen LogP contribution >= 0.6 is 0 Å². The Labute approximate surface area is 173 Å². The Bertz CT molecular complexity index is 1200. The number of rotatable bonds is 6. The second-order valence-electron chi connectivity index (χ2n) is 6.39. The normalized spacial score (nSPS) is 10.6. The lowest BCUT2D eigenvalue weighted by atomic mass is 10.1. The summed E-state index contributed by atoms with van der Waals surface area (Å²) in [5.74, 6) is 1.14. The number of nitrogens with zero attached hydrogens (tertiary/aromatic N) is 3. The molecule has 8 nitrogen and oxygen atoms in total. The van der Waals surface area contributed by atoms with Crippen LogP contribution in [0.2, 0.25) is 0 Å². The van der Waals surface area contributed by atoms with Crippen LogP contribution in [0.15, 0.2) is 60.8 Å². The highest BCUT2D eigenvalue weighted by Gasteiger charge is 2.15. The quantitative estimate of drug-likeness (QED) is 0.487. The molecular formula is C22H20N4O4. The fraction of sp³-hybridized carbons (Fsp3) is 0.136. The van der Waals surface area contributed by atoms with E-state index in [9.17, 15) is 4.79 Å². The number of hydrogen-bond acceptors (Lipinski definition) is 7. The van der Waals surface area contributed by atoms with Gasteiger partial charge in [-0.15, -0.1) is 5.10 Å². The van der Waals surface area contributed by atoms with Crippen LogP contribution in [0.4, 0.5) is 11.6 Å². The van der Waals surface area contributed by atoms with Crippen molar-refractivity contribution in [3.63, 3.8) is 0 Å². The van der Waals surface area contributed by atoms with Gasteiger partial charge in [0.05, 0.1) is 21.3 Å².